The van der Waals surface area contributed by atoms with Crippen molar-refractivity contribution in [2.24, 2.45) is 0 Å². The van der Waals surface area contributed by atoms with Gasteiger partial charge in [-0.05, 0) is 38.7 Å². The zero-order chi connectivity index (χ0) is 11.4. The molecule has 1 rings (SSSR count). The monoisotopic (exact) mass is 231 g/mol. The van der Waals surface area contributed by atoms with Crippen molar-refractivity contribution in [3.8, 4) is 5.75 Å². The predicted octanol–water partition coefficient (Wildman–Crippen LogP) is 3.02. The lowest BCUT2D eigenvalue weighted by Gasteiger charge is -2.18. The van der Waals surface area contributed by atoms with Gasteiger partial charge in [0.2, 0.25) is 0 Å². The van der Waals surface area contributed by atoms with Gasteiger partial charge in [0.05, 0.1) is 6.61 Å². The van der Waals surface area contributed by atoms with Crippen LogP contribution in [-0.4, -0.2) is 25.6 Å². The van der Waals surface area contributed by atoms with Gasteiger partial charge in [-0.25, -0.2) is 4.39 Å². The summed E-state index contributed by atoms with van der Waals surface area (Å²) in [6.07, 6.45) is 0. The number of rotatable bonds is 4. The Labute approximate surface area is 94.6 Å². The predicted molar refractivity (Wildman–Crippen MR) is 59.9 cm³/mol. The van der Waals surface area contributed by atoms with Gasteiger partial charge in [0.1, 0.15) is 5.50 Å². The van der Waals surface area contributed by atoms with Crippen LogP contribution in [0.5, 0.6) is 5.75 Å². The highest BCUT2D eigenvalue weighted by Gasteiger charge is 2.12. The summed E-state index contributed by atoms with van der Waals surface area (Å²) < 4.78 is 18.6. The van der Waals surface area contributed by atoms with Crippen LogP contribution in [0.25, 0.3) is 0 Å². The molecule has 15 heavy (non-hydrogen) atoms. The number of alkyl halides is 1. The number of ether oxygens (including phenoxy) is 1. The van der Waals surface area contributed by atoms with Crippen molar-refractivity contribution in [2.75, 3.05) is 20.7 Å². The van der Waals surface area contributed by atoms with E-state index >= 15 is 0 Å². The molecule has 84 valence electrons. The van der Waals surface area contributed by atoms with Crippen molar-refractivity contribution in [3.63, 3.8) is 0 Å². The molecule has 1 atom stereocenters. The van der Waals surface area contributed by atoms with Crippen molar-refractivity contribution >= 4 is 11.6 Å². The first-order chi connectivity index (χ1) is 7.06. The largest absolute Gasteiger partial charge is 0.491 e. The molecule has 0 aromatic heterocycles. The molecule has 0 heterocycles. The average Bonchev–Trinajstić information content (AvgIpc) is 2.20. The van der Waals surface area contributed by atoms with Gasteiger partial charge in [-0.1, -0.05) is 6.07 Å². The topological polar surface area (TPSA) is 12.5 Å². The third-order valence-corrected chi connectivity index (χ3v) is 2.63. The van der Waals surface area contributed by atoms with Crippen LogP contribution in [0.3, 0.4) is 0 Å². The Bertz CT molecular complexity index is 330. The maximum absolute atomic E-state index is 13.5. The first-order valence-electron chi connectivity index (χ1n) is 4.79. The molecule has 4 heteroatoms. The number of halogens is 2. The molecule has 1 unspecified atom stereocenters. The third-order valence-electron chi connectivity index (χ3n) is 1.98. The Balaban J connectivity index is 2.90. The van der Waals surface area contributed by atoms with Crippen molar-refractivity contribution in [1.29, 1.82) is 0 Å². The molecule has 0 saturated heterocycles. The van der Waals surface area contributed by atoms with Gasteiger partial charge in [0, 0.05) is 0 Å². The van der Waals surface area contributed by atoms with Crippen LogP contribution in [-0.2, 0) is 0 Å². The molecule has 1 aromatic carbocycles. The molecular weight excluding hydrogens is 217 g/mol. The van der Waals surface area contributed by atoms with E-state index in [1.165, 1.54) is 6.07 Å². The molecule has 0 fully saturated rings. The molecular formula is C11H15ClFNO. The number of nitrogens with zero attached hydrogens (tertiary/aromatic N) is 1. The lowest BCUT2D eigenvalue weighted by atomic mass is 10.2. The second-order valence-electron chi connectivity index (χ2n) is 3.42. The highest BCUT2D eigenvalue weighted by atomic mass is 35.5. The molecule has 0 amide bonds. The minimum atomic E-state index is -0.373. The van der Waals surface area contributed by atoms with Crippen LogP contribution in [0, 0.1) is 5.82 Å². The third kappa shape index (κ3) is 3.08. The lowest BCUT2D eigenvalue weighted by molar-refractivity contribution is 0.320. The highest BCUT2D eigenvalue weighted by molar-refractivity contribution is 6.20. The fourth-order valence-corrected chi connectivity index (χ4v) is 1.37. The first-order valence-corrected chi connectivity index (χ1v) is 5.22. The zero-order valence-electron chi connectivity index (χ0n) is 9.13. The van der Waals surface area contributed by atoms with Crippen LogP contribution >= 0.6 is 11.6 Å². The standard InChI is InChI=1S/C11H15ClFNO/c1-4-15-10-6-5-8(7-9(10)13)11(12)14(2)3/h5-7,11H,4H2,1-3H3. The lowest BCUT2D eigenvalue weighted by Crippen LogP contribution is -2.14. The van der Waals surface area contributed by atoms with Crippen LogP contribution < -0.4 is 4.74 Å². The van der Waals surface area contributed by atoms with Gasteiger partial charge in [-0.15, -0.1) is 11.6 Å². The quantitative estimate of drug-likeness (QED) is 0.584. The van der Waals surface area contributed by atoms with Crippen molar-refractivity contribution in [1.82, 2.24) is 4.90 Å². The number of hydrogen-bond donors (Lipinski definition) is 0. The molecule has 0 saturated carbocycles. The molecule has 0 aliphatic heterocycles. The second-order valence-corrected chi connectivity index (χ2v) is 3.84. The summed E-state index contributed by atoms with van der Waals surface area (Å²) in [5, 5.41) is 0. The van der Waals surface area contributed by atoms with Gasteiger partial charge < -0.3 is 4.74 Å². The Hall–Kier alpha value is -0.800. The van der Waals surface area contributed by atoms with Crippen LogP contribution in [0.2, 0.25) is 0 Å². The summed E-state index contributed by atoms with van der Waals surface area (Å²) in [7, 11) is 3.68. The van der Waals surface area contributed by atoms with Gasteiger partial charge in [-0.2, -0.15) is 0 Å². The normalized spacial score (nSPS) is 12.9. The molecule has 0 aliphatic carbocycles. The summed E-state index contributed by atoms with van der Waals surface area (Å²) in [6, 6.07) is 4.78. The minimum absolute atomic E-state index is 0.267. The molecule has 0 bridgehead atoms. The Morgan fingerprint density at radius 3 is 2.60 bits per heavy atom. The van der Waals surface area contributed by atoms with Crippen molar-refractivity contribution in [2.45, 2.75) is 12.4 Å². The number of benzene rings is 1. The summed E-state index contributed by atoms with van der Waals surface area (Å²) in [4.78, 5) is 1.80. The van der Waals surface area contributed by atoms with Gasteiger partial charge in [-0.3, -0.25) is 4.90 Å². The Kier molecular flexibility index (Phi) is 4.36. The Morgan fingerprint density at radius 2 is 2.13 bits per heavy atom. The average molecular weight is 232 g/mol. The van der Waals surface area contributed by atoms with E-state index in [0.29, 0.717) is 6.61 Å². The van der Waals surface area contributed by atoms with Gasteiger partial charge in [0.25, 0.3) is 0 Å². The summed E-state index contributed by atoms with van der Waals surface area (Å²) in [5.41, 5.74) is 0.401. The second kappa shape index (κ2) is 5.33. The Morgan fingerprint density at radius 1 is 1.47 bits per heavy atom. The summed E-state index contributed by atoms with van der Waals surface area (Å²) in [6.45, 7) is 2.27. The smallest absolute Gasteiger partial charge is 0.165 e. The summed E-state index contributed by atoms with van der Waals surface area (Å²) >= 11 is 6.06. The first kappa shape index (κ1) is 12.3. The fourth-order valence-electron chi connectivity index (χ4n) is 1.24. The van der Waals surface area contributed by atoms with E-state index in [1.807, 2.05) is 21.0 Å². The molecule has 2 nitrogen and oxygen atoms in total. The van der Waals surface area contributed by atoms with Crippen LogP contribution in [0.1, 0.15) is 18.0 Å². The molecule has 0 aliphatic rings. The van der Waals surface area contributed by atoms with Crippen molar-refractivity contribution < 1.29 is 9.13 Å². The van der Waals surface area contributed by atoms with E-state index in [-0.39, 0.29) is 17.1 Å². The van der Waals surface area contributed by atoms with Crippen LogP contribution in [0.15, 0.2) is 18.2 Å². The maximum atomic E-state index is 13.5. The SMILES string of the molecule is CCOc1ccc(C(Cl)N(C)C)cc1F. The van der Waals surface area contributed by atoms with E-state index in [1.54, 1.807) is 17.0 Å². The van der Waals surface area contributed by atoms with E-state index in [2.05, 4.69) is 0 Å². The molecule has 0 radical (unpaired) electrons. The number of hydrogen-bond acceptors (Lipinski definition) is 2. The van der Waals surface area contributed by atoms with Crippen molar-refractivity contribution in [3.05, 3.63) is 29.6 Å². The van der Waals surface area contributed by atoms with E-state index in [4.69, 9.17) is 16.3 Å². The fraction of sp³-hybridized carbons (Fsp3) is 0.455. The highest BCUT2D eigenvalue weighted by Crippen LogP contribution is 2.26. The molecule has 0 spiro atoms. The van der Waals surface area contributed by atoms with Gasteiger partial charge >= 0.3 is 0 Å². The zero-order valence-corrected chi connectivity index (χ0v) is 9.88. The van der Waals surface area contributed by atoms with E-state index < -0.39 is 0 Å². The minimum Gasteiger partial charge on any atom is -0.491 e. The van der Waals surface area contributed by atoms with Crippen LogP contribution in [0.4, 0.5) is 4.39 Å². The van der Waals surface area contributed by atoms with E-state index in [9.17, 15) is 4.39 Å². The molecule has 1 aromatic rings. The maximum Gasteiger partial charge on any atom is 0.165 e. The summed E-state index contributed by atoms with van der Waals surface area (Å²) in [5.74, 6) is -0.106. The van der Waals surface area contributed by atoms with Gasteiger partial charge in [0.15, 0.2) is 11.6 Å². The molecule has 0 N–H and O–H groups in total. The van der Waals surface area contributed by atoms with E-state index in [0.717, 1.165) is 5.56 Å².